The molecule has 0 unspecified atom stereocenters. The number of piperazine rings is 1. The normalized spacial score (nSPS) is 20.0. The molecule has 2 aliphatic rings. The lowest BCUT2D eigenvalue weighted by molar-refractivity contribution is 0.0597. The van der Waals surface area contributed by atoms with E-state index in [2.05, 4.69) is 51.7 Å². The van der Waals surface area contributed by atoms with Gasteiger partial charge in [0.15, 0.2) is 5.76 Å². The molecule has 1 saturated heterocycles. The number of hydrogen-bond acceptors (Lipinski definition) is 4. The largest absolute Gasteiger partial charge is 0.456 e. The summed E-state index contributed by atoms with van der Waals surface area (Å²) in [6, 6.07) is 8.56. The van der Waals surface area contributed by atoms with Crippen LogP contribution in [0.25, 0.3) is 0 Å². The van der Waals surface area contributed by atoms with Crippen LogP contribution < -0.4 is 0 Å². The minimum atomic E-state index is -0.0203. The van der Waals surface area contributed by atoms with Crippen LogP contribution in [-0.4, -0.2) is 60.1 Å². The highest BCUT2D eigenvalue weighted by Crippen LogP contribution is 2.46. The van der Waals surface area contributed by atoms with Crippen LogP contribution in [0.15, 0.2) is 28.7 Å². The summed E-state index contributed by atoms with van der Waals surface area (Å²) in [5, 5.41) is 9.01. The average molecular weight is 453 g/mol. The second-order valence-corrected chi connectivity index (χ2v) is 11.2. The van der Waals surface area contributed by atoms with Crippen molar-refractivity contribution in [3.63, 3.8) is 0 Å². The second kappa shape index (κ2) is 9.27. The number of hydrogen-bond donors (Lipinski definition) is 1. The number of nitrogens with zero attached hydrogens (tertiary/aromatic N) is 2. The lowest BCUT2D eigenvalue weighted by Crippen LogP contribution is -2.48. The Morgan fingerprint density at radius 1 is 1.00 bits per heavy atom. The lowest BCUT2D eigenvalue weighted by Gasteiger charge is -2.42. The quantitative estimate of drug-likeness (QED) is 0.692. The van der Waals surface area contributed by atoms with Crippen molar-refractivity contribution in [2.24, 2.45) is 0 Å². The van der Waals surface area contributed by atoms with Gasteiger partial charge in [-0.15, -0.1) is 0 Å². The van der Waals surface area contributed by atoms with E-state index in [0.29, 0.717) is 25.3 Å². The number of furan rings is 1. The molecule has 0 atom stereocenters. The number of aliphatic hydroxyl groups excluding tert-OH is 1. The predicted octanol–water partition coefficient (Wildman–Crippen LogP) is 4.67. The van der Waals surface area contributed by atoms with Crippen LogP contribution >= 0.6 is 0 Å². The highest BCUT2D eigenvalue weighted by Gasteiger charge is 2.37. The van der Waals surface area contributed by atoms with Crippen LogP contribution in [0.2, 0.25) is 0 Å². The summed E-state index contributed by atoms with van der Waals surface area (Å²) >= 11 is 0. The SMILES string of the molecule is Cc1cc2c(cc1Cc1ccc(C(=O)N3CCN(CCCO)CC3)o1)C(C)(C)CCC2(C)C. The van der Waals surface area contributed by atoms with E-state index in [0.717, 1.165) is 31.8 Å². The van der Waals surface area contributed by atoms with E-state index in [9.17, 15) is 4.79 Å². The van der Waals surface area contributed by atoms with E-state index in [4.69, 9.17) is 9.52 Å². The van der Waals surface area contributed by atoms with Gasteiger partial charge in [0.05, 0.1) is 0 Å². The topological polar surface area (TPSA) is 56.9 Å². The Hall–Kier alpha value is -2.11. The van der Waals surface area contributed by atoms with Crippen LogP contribution in [0.1, 0.15) is 85.5 Å². The van der Waals surface area contributed by atoms with Crippen LogP contribution in [0.3, 0.4) is 0 Å². The molecular weight excluding hydrogens is 412 g/mol. The van der Waals surface area contributed by atoms with Crippen molar-refractivity contribution in [3.8, 4) is 0 Å². The third kappa shape index (κ3) is 5.04. The molecule has 1 amide bonds. The minimum absolute atomic E-state index is 0.0203. The molecule has 5 nitrogen and oxygen atoms in total. The van der Waals surface area contributed by atoms with Crippen molar-refractivity contribution >= 4 is 5.91 Å². The van der Waals surface area contributed by atoms with Gasteiger partial charge < -0.3 is 14.4 Å². The summed E-state index contributed by atoms with van der Waals surface area (Å²) in [6.07, 6.45) is 3.90. The Balaban J connectivity index is 1.47. The number of benzene rings is 1. The first-order valence-corrected chi connectivity index (χ1v) is 12.5. The number of aryl methyl sites for hydroxylation is 1. The molecule has 1 aliphatic heterocycles. The number of amides is 1. The first-order valence-electron chi connectivity index (χ1n) is 12.5. The molecule has 1 N–H and O–H groups in total. The van der Waals surface area contributed by atoms with Gasteiger partial charge in [0, 0.05) is 45.8 Å². The van der Waals surface area contributed by atoms with Crippen LogP contribution in [0, 0.1) is 6.92 Å². The van der Waals surface area contributed by atoms with Gasteiger partial charge >= 0.3 is 0 Å². The molecule has 180 valence electrons. The van der Waals surface area contributed by atoms with Crippen LogP contribution in [0.5, 0.6) is 0 Å². The molecule has 0 spiro atoms. The van der Waals surface area contributed by atoms with Crippen LogP contribution in [-0.2, 0) is 17.3 Å². The molecule has 1 aliphatic carbocycles. The van der Waals surface area contributed by atoms with Crippen molar-refractivity contribution in [1.82, 2.24) is 9.80 Å². The molecule has 1 aromatic heterocycles. The Labute approximate surface area is 198 Å². The van der Waals surface area contributed by atoms with Gasteiger partial charge in [-0.2, -0.15) is 0 Å². The van der Waals surface area contributed by atoms with Gasteiger partial charge in [-0.1, -0.05) is 39.8 Å². The number of rotatable bonds is 6. The molecule has 0 saturated carbocycles. The van der Waals surface area contributed by atoms with Gasteiger partial charge in [0.1, 0.15) is 5.76 Å². The zero-order valence-corrected chi connectivity index (χ0v) is 21.0. The van der Waals surface area contributed by atoms with Gasteiger partial charge in [-0.25, -0.2) is 0 Å². The fourth-order valence-electron chi connectivity index (χ4n) is 5.36. The molecule has 0 radical (unpaired) electrons. The second-order valence-electron chi connectivity index (χ2n) is 11.2. The molecule has 1 aromatic carbocycles. The standard InChI is InChI=1S/C28H40N2O3/c1-20-17-23-24(28(4,5)10-9-27(23,2)3)19-21(20)18-22-7-8-25(33-22)26(32)30-14-12-29(13-15-30)11-6-16-31/h7-8,17,19,31H,6,9-16,18H2,1-5H3. The van der Waals surface area contributed by atoms with Crippen molar-refractivity contribution < 1.29 is 14.3 Å². The van der Waals surface area contributed by atoms with E-state index in [-0.39, 0.29) is 23.3 Å². The molecule has 5 heteroatoms. The van der Waals surface area contributed by atoms with Crippen LogP contribution in [0.4, 0.5) is 0 Å². The maximum absolute atomic E-state index is 13.0. The maximum atomic E-state index is 13.0. The highest BCUT2D eigenvalue weighted by molar-refractivity contribution is 5.91. The van der Waals surface area contributed by atoms with Gasteiger partial charge in [0.25, 0.3) is 5.91 Å². The number of aliphatic hydroxyl groups is 1. The zero-order valence-electron chi connectivity index (χ0n) is 21.0. The maximum Gasteiger partial charge on any atom is 0.289 e. The molecule has 4 rings (SSSR count). The van der Waals surface area contributed by atoms with E-state index >= 15 is 0 Å². The van der Waals surface area contributed by atoms with E-state index in [1.54, 1.807) is 0 Å². The lowest BCUT2D eigenvalue weighted by atomic mass is 9.62. The Bertz CT molecular complexity index is 997. The fraction of sp³-hybridized carbons (Fsp3) is 0.607. The minimum Gasteiger partial charge on any atom is -0.456 e. The first kappa shape index (κ1) is 24.0. The molecule has 2 aromatic rings. The highest BCUT2D eigenvalue weighted by atomic mass is 16.4. The monoisotopic (exact) mass is 452 g/mol. The van der Waals surface area contributed by atoms with Crippen molar-refractivity contribution in [2.45, 2.75) is 71.1 Å². The first-order chi connectivity index (χ1) is 15.6. The predicted molar refractivity (Wildman–Crippen MR) is 132 cm³/mol. The summed E-state index contributed by atoms with van der Waals surface area (Å²) < 4.78 is 6.05. The summed E-state index contributed by atoms with van der Waals surface area (Å²) in [7, 11) is 0. The molecular formula is C28H40N2O3. The van der Waals surface area contributed by atoms with Crippen molar-refractivity contribution in [2.75, 3.05) is 39.3 Å². The molecule has 33 heavy (non-hydrogen) atoms. The third-order valence-electron chi connectivity index (χ3n) is 7.84. The van der Waals surface area contributed by atoms with E-state index in [1.807, 2.05) is 17.0 Å². The average Bonchev–Trinajstić information content (AvgIpc) is 3.25. The molecule has 0 bridgehead atoms. The Morgan fingerprint density at radius 3 is 2.27 bits per heavy atom. The number of fused-ring (bicyclic) bond motifs is 1. The Morgan fingerprint density at radius 2 is 1.64 bits per heavy atom. The van der Waals surface area contributed by atoms with Gasteiger partial charge in [-0.05, 0) is 71.4 Å². The zero-order chi connectivity index (χ0) is 23.8. The van der Waals surface area contributed by atoms with Gasteiger partial charge in [-0.3, -0.25) is 9.69 Å². The summed E-state index contributed by atoms with van der Waals surface area (Å²) in [6.45, 7) is 15.8. The van der Waals surface area contributed by atoms with Crippen molar-refractivity contribution in [3.05, 3.63) is 58.0 Å². The summed E-state index contributed by atoms with van der Waals surface area (Å²) in [5.74, 6) is 1.26. The van der Waals surface area contributed by atoms with Gasteiger partial charge in [0.2, 0.25) is 0 Å². The number of carbonyl (C=O) groups excluding carboxylic acids is 1. The summed E-state index contributed by atoms with van der Waals surface area (Å²) in [5.41, 5.74) is 5.90. The third-order valence-corrected chi connectivity index (χ3v) is 7.84. The summed E-state index contributed by atoms with van der Waals surface area (Å²) in [4.78, 5) is 17.2. The van der Waals surface area contributed by atoms with E-state index < -0.39 is 0 Å². The fourth-order valence-corrected chi connectivity index (χ4v) is 5.36. The van der Waals surface area contributed by atoms with E-state index in [1.165, 1.54) is 35.1 Å². The Kier molecular flexibility index (Phi) is 6.75. The van der Waals surface area contributed by atoms with Crippen molar-refractivity contribution in [1.29, 1.82) is 0 Å². The molecule has 1 fully saturated rings. The number of carbonyl (C=O) groups is 1. The smallest absolute Gasteiger partial charge is 0.289 e. The molecule has 2 heterocycles.